The van der Waals surface area contributed by atoms with Crippen molar-refractivity contribution < 1.29 is 13.2 Å². The highest BCUT2D eigenvalue weighted by Gasteiger charge is 2.28. The molecular formula is C13H18ClNO3S. The first-order chi connectivity index (χ1) is 8.93. The van der Waals surface area contributed by atoms with Gasteiger partial charge in [-0.05, 0) is 23.6 Å². The van der Waals surface area contributed by atoms with Gasteiger partial charge in [0.1, 0.15) is 4.90 Å². The molecule has 1 heterocycles. The summed E-state index contributed by atoms with van der Waals surface area (Å²) in [6.45, 7) is 5.67. The molecular weight excluding hydrogens is 286 g/mol. The maximum atomic E-state index is 12.6. The summed E-state index contributed by atoms with van der Waals surface area (Å²) < 4.78 is 31.8. The van der Waals surface area contributed by atoms with Gasteiger partial charge in [-0.15, -0.1) is 0 Å². The number of morpholine rings is 1. The Bertz CT molecular complexity index is 551. The van der Waals surface area contributed by atoms with Crippen LogP contribution in [-0.4, -0.2) is 39.0 Å². The third kappa shape index (κ3) is 3.11. The Morgan fingerprint density at radius 3 is 2.47 bits per heavy atom. The number of nitrogens with zero attached hydrogens (tertiary/aromatic N) is 1. The fourth-order valence-corrected chi connectivity index (χ4v) is 3.92. The lowest BCUT2D eigenvalue weighted by molar-refractivity contribution is 0.0730. The van der Waals surface area contributed by atoms with E-state index in [2.05, 4.69) is 0 Å². The summed E-state index contributed by atoms with van der Waals surface area (Å²) in [5.74, 6) is 0.260. The first-order valence-electron chi connectivity index (χ1n) is 6.30. The second-order valence-electron chi connectivity index (χ2n) is 4.86. The fourth-order valence-electron chi connectivity index (χ4n) is 2.00. The Morgan fingerprint density at radius 1 is 1.26 bits per heavy atom. The van der Waals surface area contributed by atoms with Crippen LogP contribution in [0, 0.1) is 0 Å². The van der Waals surface area contributed by atoms with Gasteiger partial charge in [0.15, 0.2) is 0 Å². The number of hydrogen-bond acceptors (Lipinski definition) is 3. The SMILES string of the molecule is CC(C)c1ccc(Cl)c(S(=O)(=O)N2CCOCC2)c1. The third-order valence-corrected chi connectivity index (χ3v) is 5.59. The van der Waals surface area contributed by atoms with E-state index in [0.717, 1.165) is 5.56 Å². The second kappa shape index (κ2) is 5.79. The fraction of sp³-hybridized carbons (Fsp3) is 0.538. The van der Waals surface area contributed by atoms with E-state index in [1.54, 1.807) is 12.1 Å². The maximum absolute atomic E-state index is 12.6. The highest BCUT2D eigenvalue weighted by atomic mass is 35.5. The van der Waals surface area contributed by atoms with Gasteiger partial charge < -0.3 is 4.74 Å². The van der Waals surface area contributed by atoms with Crippen LogP contribution in [0.3, 0.4) is 0 Å². The van der Waals surface area contributed by atoms with Crippen molar-refractivity contribution in [2.75, 3.05) is 26.3 Å². The minimum absolute atomic E-state index is 0.197. The normalized spacial score (nSPS) is 17.9. The molecule has 2 rings (SSSR count). The molecule has 1 fully saturated rings. The van der Waals surface area contributed by atoms with E-state index in [1.165, 1.54) is 4.31 Å². The van der Waals surface area contributed by atoms with Gasteiger partial charge in [-0.25, -0.2) is 8.42 Å². The lowest BCUT2D eigenvalue weighted by Crippen LogP contribution is -2.40. The van der Waals surface area contributed by atoms with Crippen molar-refractivity contribution in [3.8, 4) is 0 Å². The van der Waals surface area contributed by atoms with E-state index in [1.807, 2.05) is 19.9 Å². The van der Waals surface area contributed by atoms with Crippen molar-refractivity contribution in [3.63, 3.8) is 0 Å². The highest BCUT2D eigenvalue weighted by molar-refractivity contribution is 7.89. The van der Waals surface area contributed by atoms with Gasteiger partial charge in [-0.1, -0.05) is 31.5 Å². The molecule has 1 aromatic carbocycles. The molecule has 0 amide bonds. The van der Waals surface area contributed by atoms with Crippen LogP contribution < -0.4 is 0 Å². The van der Waals surface area contributed by atoms with Gasteiger partial charge in [0, 0.05) is 13.1 Å². The van der Waals surface area contributed by atoms with E-state index < -0.39 is 10.0 Å². The molecule has 0 aliphatic carbocycles. The lowest BCUT2D eigenvalue weighted by Gasteiger charge is -2.26. The first kappa shape index (κ1) is 14.8. The summed E-state index contributed by atoms with van der Waals surface area (Å²) in [6.07, 6.45) is 0. The van der Waals surface area contributed by atoms with Crippen molar-refractivity contribution in [2.24, 2.45) is 0 Å². The topological polar surface area (TPSA) is 46.6 Å². The van der Waals surface area contributed by atoms with Gasteiger partial charge in [-0.2, -0.15) is 4.31 Å². The van der Waals surface area contributed by atoms with Crippen LogP contribution in [0.5, 0.6) is 0 Å². The number of ether oxygens (including phenoxy) is 1. The standard InChI is InChI=1S/C13H18ClNO3S/c1-10(2)11-3-4-12(14)13(9-11)19(16,17)15-5-7-18-8-6-15/h3-4,9-10H,5-8H2,1-2H3. The van der Waals surface area contributed by atoms with E-state index in [0.29, 0.717) is 26.3 Å². The smallest absolute Gasteiger partial charge is 0.244 e. The molecule has 1 aromatic rings. The zero-order valence-corrected chi connectivity index (χ0v) is 12.7. The summed E-state index contributed by atoms with van der Waals surface area (Å²) in [7, 11) is -3.53. The van der Waals surface area contributed by atoms with E-state index in [9.17, 15) is 8.42 Å². The molecule has 0 aromatic heterocycles. The Balaban J connectivity index is 2.41. The molecule has 0 bridgehead atoms. The minimum Gasteiger partial charge on any atom is -0.379 e. The summed E-state index contributed by atoms with van der Waals surface area (Å²) in [4.78, 5) is 0.197. The largest absolute Gasteiger partial charge is 0.379 e. The van der Waals surface area contributed by atoms with Crippen molar-refractivity contribution in [3.05, 3.63) is 28.8 Å². The average molecular weight is 304 g/mol. The van der Waals surface area contributed by atoms with Crippen molar-refractivity contribution in [1.82, 2.24) is 4.31 Å². The van der Waals surface area contributed by atoms with Gasteiger partial charge in [0.05, 0.1) is 18.2 Å². The Kier molecular flexibility index (Phi) is 4.50. The van der Waals surface area contributed by atoms with Gasteiger partial charge in [0.25, 0.3) is 0 Å². The van der Waals surface area contributed by atoms with Gasteiger partial charge in [-0.3, -0.25) is 0 Å². The van der Waals surface area contributed by atoms with Crippen LogP contribution in [0.2, 0.25) is 5.02 Å². The van der Waals surface area contributed by atoms with Crippen LogP contribution >= 0.6 is 11.6 Å². The van der Waals surface area contributed by atoms with Crippen molar-refractivity contribution in [1.29, 1.82) is 0 Å². The van der Waals surface area contributed by atoms with E-state index in [4.69, 9.17) is 16.3 Å². The van der Waals surface area contributed by atoms with Crippen LogP contribution in [0.25, 0.3) is 0 Å². The van der Waals surface area contributed by atoms with Crippen molar-refractivity contribution in [2.45, 2.75) is 24.7 Å². The summed E-state index contributed by atoms with van der Waals surface area (Å²) >= 11 is 6.07. The zero-order chi connectivity index (χ0) is 14.0. The minimum atomic E-state index is -3.53. The van der Waals surface area contributed by atoms with E-state index >= 15 is 0 Å². The van der Waals surface area contributed by atoms with Crippen LogP contribution in [0.4, 0.5) is 0 Å². The molecule has 1 aliphatic heterocycles. The number of benzene rings is 1. The second-order valence-corrected chi connectivity index (χ2v) is 7.17. The van der Waals surface area contributed by atoms with Crippen LogP contribution in [-0.2, 0) is 14.8 Å². The predicted molar refractivity (Wildman–Crippen MR) is 75.1 cm³/mol. The third-order valence-electron chi connectivity index (χ3n) is 3.21. The molecule has 0 spiro atoms. The maximum Gasteiger partial charge on any atom is 0.244 e. The van der Waals surface area contributed by atoms with E-state index in [-0.39, 0.29) is 15.8 Å². The quantitative estimate of drug-likeness (QED) is 0.862. The Morgan fingerprint density at radius 2 is 1.89 bits per heavy atom. The number of halogens is 1. The van der Waals surface area contributed by atoms with Gasteiger partial charge in [0.2, 0.25) is 10.0 Å². The molecule has 0 atom stereocenters. The molecule has 4 nitrogen and oxygen atoms in total. The van der Waals surface area contributed by atoms with Gasteiger partial charge >= 0.3 is 0 Å². The first-order valence-corrected chi connectivity index (χ1v) is 8.12. The molecule has 19 heavy (non-hydrogen) atoms. The molecule has 0 unspecified atom stereocenters. The summed E-state index contributed by atoms with van der Waals surface area (Å²) in [5, 5.41) is 0.274. The molecule has 6 heteroatoms. The Labute approximate surface area is 119 Å². The molecule has 0 radical (unpaired) electrons. The predicted octanol–water partition coefficient (Wildman–Crippen LogP) is 2.48. The Hall–Kier alpha value is -0.620. The van der Waals surface area contributed by atoms with Crippen LogP contribution in [0.15, 0.2) is 23.1 Å². The molecule has 0 saturated carbocycles. The monoisotopic (exact) mass is 303 g/mol. The number of hydrogen-bond donors (Lipinski definition) is 0. The number of rotatable bonds is 3. The average Bonchev–Trinajstić information content (AvgIpc) is 2.39. The van der Waals surface area contributed by atoms with Crippen LogP contribution in [0.1, 0.15) is 25.3 Å². The number of sulfonamides is 1. The lowest BCUT2D eigenvalue weighted by atomic mass is 10.0. The van der Waals surface area contributed by atoms with Crippen molar-refractivity contribution >= 4 is 21.6 Å². The summed E-state index contributed by atoms with van der Waals surface area (Å²) in [5.41, 5.74) is 0.969. The zero-order valence-electron chi connectivity index (χ0n) is 11.1. The molecule has 0 N–H and O–H groups in total. The summed E-state index contributed by atoms with van der Waals surface area (Å²) in [6, 6.07) is 5.20. The molecule has 1 aliphatic rings. The molecule has 106 valence electrons. The highest BCUT2D eigenvalue weighted by Crippen LogP contribution is 2.28. The molecule has 1 saturated heterocycles.